The topological polar surface area (TPSA) is 17.8 Å². The highest BCUT2D eigenvalue weighted by molar-refractivity contribution is 5.79. The molecule has 0 aliphatic carbocycles. The van der Waals surface area contributed by atoms with E-state index >= 15 is 0 Å². The van der Waals surface area contributed by atoms with Gasteiger partial charge in [-0.1, -0.05) is 12.1 Å². The average molecular weight is 207 g/mol. The van der Waals surface area contributed by atoms with Gasteiger partial charge in [-0.2, -0.15) is 0 Å². The van der Waals surface area contributed by atoms with Crippen LogP contribution in [-0.4, -0.2) is 9.55 Å². The molecule has 0 aliphatic rings. The summed E-state index contributed by atoms with van der Waals surface area (Å²) < 4.78 is 2.22. The van der Waals surface area contributed by atoms with Crippen molar-refractivity contribution in [2.75, 3.05) is 0 Å². The molecule has 0 fully saturated rings. The van der Waals surface area contributed by atoms with Crippen molar-refractivity contribution in [3.05, 3.63) is 66.6 Å². The van der Waals surface area contributed by atoms with Gasteiger partial charge in [-0.15, -0.1) is 0 Å². The van der Waals surface area contributed by atoms with Crippen molar-refractivity contribution >= 4 is 10.9 Å². The molecule has 0 aliphatic heterocycles. The highest BCUT2D eigenvalue weighted by Gasteiger charge is 2.00. The summed E-state index contributed by atoms with van der Waals surface area (Å²) in [6, 6.07) is 15.5. The van der Waals surface area contributed by atoms with E-state index in [-0.39, 0.29) is 0 Å². The minimum Gasteiger partial charge on any atom is -0.343 e. The first-order chi connectivity index (χ1) is 7.93. The van der Waals surface area contributed by atoms with Gasteiger partial charge in [0, 0.05) is 36.0 Å². The van der Waals surface area contributed by atoms with E-state index in [1.54, 1.807) is 0 Å². The highest BCUT2D eigenvalue weighted by atomic mass is 14.9. The van der Waals surface area contributed by atoms with Crippen molar-refractivity contribution in [3.8, 4) is 0 Å². The Morgan fingerprint density at radius 3 is 2.88 bits per heavy atom. The molecule has 1 aromatic carbocycles. The summed E-state index contributed by atoms with van der Waals surface area (Å²) >= 11 is 0. The maximum Gasteiger partial charge on any atom is 0.0489 e. The minimum atomic E-state index is 0.879. The molecular weight excluding hydrogens is 196 g/mol. The third-order valence-corrected chi connectivity index (χ3v) is 2.70. The van der Waals surface area contributed by atoms with Crippen molar-refractivity contribution in [1.82, 2.24) is 9.55 Å². The first-order valence-electron chi connectivity index (χ1n) is 5.28. The number of benzene rings is 1. The molecule has 3 rings (SSSR count). The third-order valence-electron chi connectivity index (χ3n) is 2.70. The van der Waals surface area contributed by atoms with E-state index in [1.807, 2.05) is 36.7 Å². The second-order valence-corrected chi connectivity index (χ2v) is 3.77. The highest BCUT2D eigenvalue weighted by Crippen LogP contribution is 2.15. The van der Waals surface area contributed by atoms with Crippen molar-refractivity contribution in [1.29, 1.82) is 0 Å². The van der Waals surface area contributed by atoms with Crippen LogP contribution in [0.3, 0.4) is 0 Å². The fourth-order valence-electron chi connectivity index (χ4n) is 1.89. The van der Waals surface area contributed by atoms with E-state index in [0.29, 0.717) is 0 Å². The Morgan fingerprint density at radius 1 is 1.12 bits per heavy atom. The van der Waals surface area contributed by atoms with E-state index < -0.39 is 0 Å². The molecular formula is C14H11N2. The van der Waals surface area contributed by atoms with Gasteiger partial charge in [0.1, 0.15) is 0 Å². The molecule has 0 spiro atoms. The van der Waals surface area contributed by atoms with Crippen LogP contribution in [0.2, 0.25) is 0 Å². The molecule has 0 N–H and O–H groups in total. The summed E-state index contributed by atoms with van der Waals surface area (Å²) in [5.74, 6) is 0. The summed E-state index contributed by atoms with van der Waals surface area (Å²) in [6.07, 6.45) is 5.75. The third kappa shape index (κ3) is 1.58. The quantitative estimate of drug-likeness (QED) is 0.631. The number of nitrogens with zero attached hydrogens (tertiary/aromatic N) is 2. The van der Waals surface area contributed by atoms with Crippen LogP contribution in [0, 0.1) is 6.07 Å². The molecule has 0 bridgehead atoms. The Morgan fingerprint density at radius 2 is 2.00 bits per heavy atom. The zero-order valence-electron chi connectivity index (χ0n) is 8.80. The Kier molecular flexibility index (Phi) is 2.18. The number of hydrogen-bond donors (Lipinski definition) is 0. The summed E-state index contributed by atoms with van der Waals surface area (Å²) in [7, 11) is 0. The number of rotatable bonds is 2. The molecule has 0 unspecified atom stereocenters. The minimum absolute atomic E-state index is 0.879. The van der Waals surface area contributed by atoms with Crippen molar-refractivity contribution < 1.29 is 0 Å². The average Bonchev–Trinajstić information content (AvgIpc) is 2.74. The Balaban J connectivity index is 2.01. The van der Waals surface area contributed by atoms with Crippen LogP contribution in [0.5, 0.6) is 0 Å². The van der Waals surface area contributed by atoms with Gasteiger partial charge >= 0.3 is 0 Å². The van der Waals surface area contributed by atoms with Crippen LogP contribution in [0.15, 0.2) is 55.0 Å². The molecule has 16 heavy (non-hydrogen) atoms. The van der Waals surface area contributed by atoms with Gasteiger partial charge in [0.2, 0.25) is 0 Å². The number of pyridine rings is 1. The maximum atomic E-state index is 4.02. The SMILES string of the molecule is [c]1cccc2c1ccn2Cc1ccncc1. The van der Waals surface area contributed by atoms with Crippen LogP contribution in [0.25, 0.3) is 10.9 Å². The van der Waals surface area contributed by atoms with E-state index in [4.69, 9.17) is 0 Å². The lowest BCUT2D eigenvalue weighted by atomic mass is 10.2. The molecule has 2 heterocycles. The molecule has 0 amide bonds. The molecule has 0 saturated heterocycles. The molecule has 1 radical (unpaired) electrons. The lowest BCUT2D eigenvalue weighted by molar-refractivity contribution is 0.835. The van der Waals surface area contributed by atoms with Crippen molar-refractivity contribution in [3.63, 3.8) is 0 Å². The first-order valence-corrected chi connectivity index (χ1v) is 5.28. The zero-order valence-corrected chi connectivity index (χ0v) is 8.80. The lowest BCUT2D eigenvalue weighted by Crippen LogP contribution is -1.97. The molecule has 2 aromatic heterocycles. The van der Waals surface area contributed by atoms with Crippen LogP contribution >= 0.6 is 0 Å². The fourth-order valence-corrected chi connectivity index (χ4v) is 1.89. The molecule has 2 heteroatoms. The summed E-state index contributed by atoms with van der Waals surface area (Å²) in [5, 5.41) is 1.16. The van der Waals surface area contributed by atoms with Crippen LogP contribution in [-0.2, 0) is 6.54 Å². The number of hydrogen-bond acceptors (Lipinski definition) is 1. The standard InChI is InChI=1S/C14H11N2/c1-2-4-14-13(3-1)7-10-16(14)11-12-5-8-15-9-6-12/h1-2,4-10H,11H2. The Labute approximate surface area is 94.2 Å². The van der Waals surface area contributed by atoms with Gasteiger partial charge in [0.05, 0.1) is 0 Å². The Bertz CT molecular complexity index is 596. The normalized spacial score (nSPS) is 10.8. The van der Waals surface area contributed by atoms with E-state index in [2.05, 4.69) is 33.9 Å². The number of fused-ring (bicyclic) bond motifs is 1. The zero-order chi connectivity index (χ0) is 10.8. The van der Waals surface area contributed by atoms with Gasteiger partial charge < -0.3 is 4.57 Å². The van der Waals surface area contributed by atoms with Gasteiger partial charge in [0.25, 0.3) is 0 Å². The monoisotopic (exact) mass is 207 g/mol. The summed E-state index contributed by atoms with van der Waals surface area (Å²) in [4.78, 5) is 4.02. The second kappa shape index (κ2) is 3.81. The number of aromatic nitrogens is 2. The molecule has 2 nitrogen and oxygen atoms in total. The lowest BCUT2D eigenvalue weighted by Gasteiger charge is -2.04. The molecule has 0 atom stereocenters. The van der Waals surface area contributed by atoms with E-state index in [1.165, 1.54) is 11.1 Å². The fraction of sp³-hybridized carbons (Fsp3) is 0.0714. The largest absolute Gasteiger partial charge is 0.343 e. The van der Waals surface area contributed by atoms with Crippen LogP contribution < -0.4 is 0 Å². The van der Waals surface area contributed by atoms with E-state index in [9.17, 15) is 0 Å². The van der Waals surface area contributed by atoms with Crippen LogP contribution in [0.4, 0.5) is 0 Å². The van der Waals surface area contributed by atoms with E-state index in [0.717, 1.165) is 11.9 Å². The first kappa shape index (κ1) is 9.16. The van der Waals surface area contributed by atoms with Crippen molar-refractivity contribution in [2.45, 2.75) is 6.54 Å². The summed E-state index contributed by atoms with van der Waals surface area (Å²) in [6.45, 7) is 0.879. The van der Waals surface area contributed by atoms with Crippen LogP contribution in [0.1, 0.15) is 5.56 Å². The Hall–Kier alpha value is -2.09. The smallest absolute Gasteiger partial charge is 0.0489 e. The van der Waals surface area contributed by atoms with Gasteiger partial charge in [0.15, 0.2) is 0 Å². The predicted molar refractivity (Wildman–Crippen MR) is 64.1 cm³/mol. The van der Waals surface area contributed by atoms with Gasteiger partial charge in [-0.3, -0.25) is 4.98 Å². The predicted octanol–water partition coefficient (Wildman–Crippen LogP) is 2.88. The maximum absolute atomic E-state index is 4.02. The molecule has 3 aromatic rings. The molecule has 0 saturated carbocycles. The van der Waals surface area contributed by atoms with Gasteiger partial charge in [-0.05, 0) is 35.9 Å². The molecule has 77 valence electrons. The second-order valence-electron chi connectivity index (χ2n) is 3.77. The van der Waals surface area contributed by atoms with Gasteiger partial charge in [-0.25, -0.2) is 0 Å². The van der Waals surface area contributed by atoms with Crippen molar-refractivity contribution in [2.24, 2.45) is 0 Å². The summed E-state index contributed by atoms with van der Waals surface area (Å²) in [5.41, 5.74) is 2.48.